The van der Waals surface area contributed by atoms with Gasteiger partial charge in [-0.3, -0.25) is 0 Å². The summed E-state index contributed by atoms with van der Waals surface area (Å²) >= 11 is 0. The average molecular weight is 235 g/mol. The molecular weight excluding hydrogens is 220 g/mol. The van der Waals surface area contributed by atoms with Crippen molar-refractivity contribution in [3.63, 3.8) is 0 Å². The van der Waals surface area contributed by atoms with E-state index in [0.29, 0.717) is 19.6 Å². The Morgan fingerprint density at radius 1 is 1.44 bits per heavy atom. The van der Waals surface area contributed by atoms with Crippen molar-refractivity contribution in [2.24, 2.45) is 0 Å². The van der Waals surface area contributed by atoms with E-state index in [-0.39, 0.29) is 11.4 Å². The minimum absolute atomic E-state index is 0.0539. The first-order valence-electron chi connectivity index (χ1n) is 5.01. The van der Waals surface area contributed by atoms with Crippen molar-refractivity contribution in [1.82, 2.24) is 15.0 Å². The summed E-state index contributed by atoms with van der Waals surface area (Å²) in [4.78, 5) is 0. The fourth-order valence-electron chi connectivity index (χ4n) is 1.38. The second-order valence-electron chi connectivity index (χ2n) is 3.30. The van der Waals surface area contributed by atoms with E-state index in [9.17, 15) is 8.78 Å². The van der Waals surface area contributed by atoms with Crippen LogP contribution in [0, 0.1) is 0 Å². The third kappa shape index (κ3) is 3.21. The van der Waals surface area contributed by atoms with Gasteiger partial charge in [0.25, 0.3) is 6.43 Å². The van der Waals surface area contributed by atoms with Gasteiger partial charge in [-0.2, -0.15) is 0 Å². The second kappa shape index (κ2) is 6.49. The highest BCUT2D eigenvalue weighted by molar-refractivity contribution is 5.10. The molecule has 0 atom stereocenters. The summed E-state index contributed by atoms with van der Waals surface area (Å²) in [5.74, 6) is 0. The van der Waals surface area contributed by atoms with Crippen molar-refractivity contribution >= 4 is 0 Å². The van der Waals surface area contributed by atoms with Gasteiger partial charge in [0, 0.05) is 20.3 Å². The van der Waals surface area contributed by atoms with Gasteiger partial charge in [0.05, 0.1) is 6.61 Å². The number of nitrogens with zero attached hydrogens (tertiary/aromatic N) is 3. The Morgan fingerprint density at radius 3 is 2.75 bits per heavy atom. The Bertz CT molecular complexity index is 318. The first-order chi connectivity index (χ1) is 7.70. The van der Waals surface area contributed by atoms with E-state index in [1.54, 1.807) is 7.11 Å². The minimum atomic E-state index is -2.67. The van der Waals surface area contributed by atoms with Crippen molar-refractivity contribution in [2.75, 3.05) is 13.7 Å². The van der Waals surface area contributed by atoms with Crippen LogP contribution in [0.2, 0.25) is 0 Å². The van der Waals surface area contributed by atoms with Crippen LogP contribution >= 0.6 is 0 Å². The van der Waals surface area contributed by atoms with Gasteiger partial charge >= 0.3 is 0 Å². The predicted molar refractivity (Wildman–Crippen MR) is 52.0 cm³/mol. The lowest BCUT2D eigenvalue weighted by Crippen LogP contribution is -2.07. The van der Waals surface area contributed by atoms with Crippen LogP contribution in [-0.4, -0.2) is 33.8 Å². The van der Waals surface area contributed by atoms with Gasteiger partial charge < -0.3 is 9.84 Å². The Balaban J connectivity index is 2.61. The maximum Gasteiger partial charge on any atom is 0.282 e. The lowest BCUT2D eigenvalue weighted by atomic mass is 10.3. The van der Waals surface area contributed by atoms with E-state index in [1.165, 1.54) is 0 Å². The summed E-state index contributed by atoms with van der Waals surface area (Å²) in [5, 5.41) is 15.9. The highest BCUT2D eigenvalue weighted by atomic mass is 19.3. The molecule has 1 N–H and O–H groups in total. The highest BCUT2D eigenvalue weighted by Gasteiger charge is 2.20. The number of aryl methyl sites for hydroxylation is 1. The zero-order valence-electron chi connectivity index (χ0n) is 9.07. The molecule has 0 aliphatic rings. The Kier molecular flexibility index (Phi) is 5.27. The van der Waals surface area contributed by atoms with Crippen LogP contribution in [0.4, 0.5) is 8.78 Å². The molecule has 16 heavy (non-hydrogen) atoms. The topological polar surface area (TPSA) is 60.2 Å². The average Bonchev–Trinajstić information content (AvgIpc) is 2.67. The summed E-state index contributed by atoms with van der Waals surface area (Å²) in [5.41, 5.74) is -0.346. The molecule has 0 unspecified atom stereocenters. The summed E-state index contributed by atoms with van der Waals surface area (Å²) in [6.45, 7) is 0.430. The molecule has 1 heterocycles. The van der Waals surface area contributed by atoms with Gasteiger partial charge in [0.2, 0.25) is 0 Å². The molecular formula is C9H15F2N3O2. The maximum absolute atomic E-state index is 12.6. The molecule has 7 heteroatoms. The Labute approximate surface area is 92.0 Å². The van der Waals surface area contributed by atoms with Crippen LogP contribution in [0.5, 0.6) is 0 Å². The molecule has 0 spiro atoms. The fraction of sp³-hybridized carbons (Fsp3) is 0.778. The summed E-state index contributed by atoms with van der Waals surface area (Å²) in [7, 11) is 1.59. The predicted octanol–water partition coefficient (Wildman–Crippen LogP) is 1.13. The number of aliphatic hydroxyl groups excluding tert-OH is 1. The number of hydrogen-bond acceptors (Lipinski definition) is 4. The lowest BCUT2D eigenvalue weighted by Gasteiger charge is -2.06. The summed E-state index contributed by atoms with van der Waals surface area (Å²) < 4.78 is 31.3. The van der Waals surface area contributed by atoms with Crippen molar-refractivity contribution in [3.05, 3.63) is 11.4 Å². The lowest BCUT2D eigenvalue weighted by molar-refractivity contribution is 0.134. The molecule has 0 saturated heterocycles. The number of rotatable bonds is 7. The summed E-state index contributed by atoms with van der Waals surface area (Å²) in [6, 6.07) is 0. The number of aliphatic hydroxyl groups is 1. The number of hydrogen-bond donors (Lipinski definition) is 1. The van der Waals surface area contributed by atoms with Gasteiger partial charge in [0.1, 0.15) is 11.4 Å². The number of methoxy groups -OCH3 is 1. The van der Waals surface area contributed by atoms with Crippen LogP contribution in [-0.2, 0) is 17.9 Å². The Morgan fingerprint density at radius 2 is 2.19 bits per heavy atom. The van der Waals surface area contributed by atoms with E-state index in [0.717, 1.165) is 11.1 Å². The van der Waals surface area contributed by atoms with Gasteiger partial charge in [-0.05, 0) is 12.8 Å². The zero-order chi connectivity index (χ0) is 12.0. The van der Waals surface area contributed by atoms with Gasteiger partial charge in [-0.1, -0.05) is 5.21 Å². The fourth-order valence-corrected chi connectivity index (χ4v) is 1.38. The van der Waals surface area contributed by atoms with Gasteiger partial charge in [-0.15, -0.1) is 5.10 Å². The third-order valence-electron chi connectivity index (χ3n) is 2.17. The highest BCUT2D eigenvalue weighted by Crippen LogP contribution is 2.21. The van der Waals surface area contributed by atoms with E-state index >= 15 is 0 Å². The van der Waals surface area contributed by atoms with Crippen molar-refractivity contribution in [2.45, 2.75) is 32.4 Å². The molecule has 0 aliphatic carbocycles. The molecule has 1 aromatic rings. The third-order valence-corrected chi connectivity index (χ3v) is 2.17. The largest absolute Gasteiger partial charge is 0.390 e. The molecule has 0 bridgehead atoms. The van der Waals surface area contributed by atoms with Crippen LogP contribution in [0.25, 0.3) is 0 Å². The van der Waals surface area contributed by atoms with Crippen molar-refractivity contribution in [3.8, 4) is 0 Å². The Hall–Kier alpha value is -1.08. The van der Waals surface area contributed by atoms with Crippen LogP contribution in [0.3, 0.4) is 0 Å². The van der Waals surface area contributed by atoms with E-state index in [4.69, 9.17) is 9.84 Å². The number of unbranched alkanes of at least 4 members (excludes halogenated alkanes) is 1. The van der Waals surface area contributed by atoms with E-state index < -0.39 is 13.0 Å². The molecule has 1 rings (SSSR count). The van der Waals surface area contributed by atoms with E-state index in [1.807, 2.05) is 0 Å². The van der Waals surface area contributed by atoms with Gasteiger partial charge in [-0.25, -0.2) is 13.5 Å². The molecule has 92 valence electrons. The maximum atomic E-state index is 12.6. The number of halogens is 2. The number of aromatic nitrogens is 3. The van der Waals surface area contributed by atoms with E-state index in [2.05, 4.69) is 10.3 Å². The smallest absolute Gasteiger partial charge is 0.282 e. The SMILES string of the molecule is COCCCCn1nnc(CO)c1C(F)F. The number of ether oxygens (including phenoxy) is 1. The minimum Gasteiger partial charge on any atom is -0.390 e. The van der Waals surface area contributed by atoms with Gasteiger partial charge in [0.15, 0.2) is 0 Å². The molecule has 1 aromatic heterocycles. The molecule has 0 aromatic carbocycles. The number of alkyl halides is 2. The molecule has 0 aliphatic heterocycles. The monoisotopic (exact) mass is 235 g/mol. The van der Waals surface area contributed by atoms with Crippen LogP contribution < -0.4 is 0 Å². The molecule has 0 radical (unpaired) electrons. The van der Waals surface area contributed by atoms with Crippen LogP contribution in [0.1, 0.15) is 30.7 Å². The second-order valence-corrected chi connectivity index (χ2v) is 3.30. The molecule has 0 amide bonds. The standard InChI is InChI=1S/C9H15F2N3O2/c1-16-5-3-2-4-14-8(9(10)11)7(6-15)12-13-14/h9,15H,2-6H2,1H3. The van der Waals surface area contributed by atoms with Crippen LogP contribution in [0.15, 0.2) is 0 Å². The molecule has 0 saturated carbocycles. The quantitative estimate of drug-likeness (QED) is 0.720. The molecule has 5 nitrogen and oxygen atoms in total. The molecule has 0 fully saturated rings. The van der Waals surface area contributed by atoms with Crippen molar-refractivity contribution in [1.29, 1.82) is 0 Å². The van der Waals surface area contributed by atoms with Crippen molar-refractivity contribution < 1.29 is 18.6 Å². The first-order valence-corrected chi connectivity index (χ1v) is 5.01. The zero-order valence-corrected chi connectivity index (χ0v) is 9.07. The summed E-state index contributed by atoms with van der Waals surface area (Å²) in [6.07, 6.45) is -1.21. The normalized spacial score (nSPS) is 11.3. The first kappa shape index (κ1) is 13.0.